The first kappa shape index (κ1) is 18.9. The Labute approximate surface area is 162 Å². The minimum Gasteiger partial charge on any atom is -0.496 e. The summed E-state index contributed by atoms with van der Waals surface area (Å²) in [6.45, 7) is 0.566. The van der Waals surface area contributed by atoms with Gasteiger partial charge in [-0.15, -0.1) is 0 Å². The molecule has 3 aromatic rings. The highest BCUT2D eigenvalue weighted by atomic mass is 35.5. The number of nitrogens with one attached hydrogen (secondary N) is 1. The molecule has 27 heavy (non-hydrogen) atoms. The first-order chi connectivity index (χ1) is 13.2. The number of benzene rings is 2. The summed E-state index contributed by atoms with van der Waals surface area (Å²) in [6.07, 6.45) is 1.42. The van der Waals surface area contributed by atoms with Crippen LogP contribution in [-0.4, -0.2) is 29.7 Å². The number of rotatable bonds is 8. The normalized spacial score (nSPS) is 10.6. The maximum atomic E-state index is 12.0. The summed E-state index contributed by atoms with van der Waals surface area (Å²) < 4.78 is 10.5. The van der Waals surface area contributed by atoms with Crippen LogP contribution >= 0.6 is 11.6 Å². The van der Waals surface area contributed by atoms with Gasteiger partial charge in [0.1, 0.15) is 5.75 Å². The van der Waals surface area contributed by atoms with Crippen LogP contribution in [0.1, 0.15) is 17.9 Å². The van der Waals surface area contributed by atoms with Crippen molar-refractivity contribution in [1.29, 1.82) is 0 Å². The molecule has 1 aromatic heterocycles. The molecule has 1 N–H and O–H groups in total. The lowest BCUT2D eigenvalue weighted by molar-refractivity contribution is -0.121. The Morgan fingerprint density at radius 2 is 1.93 bits per heavy atom. The molecule has 0 aliphatic heterocycles. The molecule has 1 amide bonds. The summed E-state index contributed by atoms with van der Waals surface area (Å²) in [6, 6.07) is 15.0. The molecule has 0 radical (unpaired) electrons. The molecule has 140 valence electrons. The summed E-state index contributed by atoms with van der Waals surface area (Å²) >= 11 is 5.86. The van der Waals surface area contributed by atoms with Crippen LogP contribution < -0.4 is 10.1 Å². The van der Waals surface area contributed by atoms with Crippen LogP contribution in [0.4, 0.5) is 0 Å². The summed E-state index contributed by atoms with van der Waals surface area (Å²) in [7, 11) is 1.59. The van der Waals surface area contributed by atoms with Gasteiger partial charge in [0.05, 0.1) is 12.7 Å². The third-order valence-corrected chi connectivity index (χ3v) is 4.28. The second-order valence-corrected chi connectivity index (χ2v) is 6.37. The summed E-state index contributed by atoms with van der Waals surface area (Å²) in [5.41, 5.74) is 1.88. The van der Waals surface area contributed by atoms with Crippen LogP contribution in [-0.2, 0) is 17.6 Å². The van der Waals surface area contributed by atoms with E-state index in [2.05, 4.69) is 15.5 Å². The molecule has 0 unspecified atom stereocenters. The van der Waals surface area contributed by atoms with Gasteiger partial charge in [-0.3, -0.25) is 4.79 Å². The fourth-order valence-corrected chi connectivity index (χ4v) is 2.73. The van der Waals surface area contributed by atoms with E-state index < -0.39 is 0 Å². The monoisotopic (exact) mass is 385 g/mol. The largest absolute Gasteiger partial charge is 0.496 e. The molecular weight excluding hydrogens is 366 g/mol. The number of ether oxygens (including phenoxy) is 1. The van der Waals surface area contributed by atoms with E-state index in [9.17, 15) is 4.79 Å². The topological polar surface area (TPSA) is 77.2 Å². The lowest BCUT2D eigenvalue weighted by Gasteiger charge is -2.04. The van der Waals surface area contributed by atoms with E-state index in [1.165, 1.54) is 0 Å². The van der Waals surface area contributed by atoms with Gasteiger partial charge in [0, 0.05) is 24.4 Å². The van der Waals surface area contributed by atoms with Gasteiger partial charge in [0.2, 0.25) is 17.6 Å². The van der Waals surface area contributed by atoms with Crippen molar-refractivity contribution < 1.29 is 14.1 Å². The maximum Gasteiger partial charge on any atom is 0.227 e. The van der Waals surface area contributed by atoms with E-state index >= 15 is 0 Å². The van der Waals surface area contributed by atoms with Gasteiger partial charge in [-0.1, -0.05) is 41.0 Å². The quantitative estimate of drug-likeness (QED) is 0.639. The number of carbonyl (C=O) groups excluding carboxylic acids is 1. The second kappa shape index (κ2) is 9.19. The van der Waals surface area contributed by atoms with E-state index in [0.717, 1.165) is 17.5 Å². The van der Waals surface area contributed by atoms with Crippen LogP contribution in [0.3, 0.4) is 0 Å². The zero-order valence-electron chi connectivity index (χ0n) is 14.9. The zero-order chi connectivity index (χ0) is 19.1. The Hall–Kier alpha value is -2.86. The fourth-order valence-electron chi connectivity index (χ4n) is 2.60. The Morgan fingerprint density at radius 1 is 1.15 bits per heavy atom. The highest BCUT2D eigenvalue weighted by Crippen LogP contribution is 2.27. The van der Waals surface area contributed by atoms with Crippen molar-refractivity contribution in [2.24, 2.45) is 0 Å². The second-order valence-electron chi connectivity index (χ2n) is 5.94. The molecular formula is C20H20ClN3O3. The number of hydrogen-bond acceptors (Lipinski definition) is 5. The smallest absolute Gasteiger partial charge is 0.227 e. The average molecular weight is 386 g/mol. The van der Waals surface area contributed by atoms with Crippen molar-refractivity contribution in [3.63, 3.8) is 0 Å². The highest BCUT2D eigenvalue weighted by molar-refractivity contribution is 6.30. The number of nitrogens with zero attached hydrogens (tertiary/aromatic N) is 2. The molecule has 3 rings (SSSR count). The predicted molar refractivity (Wildman–Crippen MR) is 103 cm³/mol. The van der Waals surface area contributed by atoms with Gasteiger partial charge in [0.25, 0.3) is 0 Å². The Morgan fingerprint density at radius 3 is 2.70 bits per heavy atom. The maximum absolute atomic E-state index is 12.0. The van der Waals surface area contributed by atoms with Crippen LogP contribution in [0.2, 0.25) is 5.02 Å². The number of aryl methyl sites for hydroxylation is 1. The van der Waals surface area contributed by atoms with Gasteiger partial charge < -0.3 is 14.6 Å². The van der Waals surface area contributed by atoms with Crippen LogP contribution in [0.25, 0.3) is 11.4 Å². The van der Waals surface area contributed by atoms with Crippen LogP contribution in [0.5, 0.6) is 5.75 Å². The van der Waals surface area contributed by atoms with Gasteiger partial charge in [-0.25, -0.2) is 0 Å². The Balaban J connectivity index is 1.46. The molecule has 0 bridgehead atoms. The van der Waals surface area contributed by atoms with Crippen molar-refractivity contribution in [2.75, 3.05) is 13.7 Å². The number of hydrogen-bond donors (Lipinski definition) is 1. The molecule has 0 aliphatic rings. The number of amides is 1. The number of methoxy groups -OCH3 is 1. The van der Waals surface area contributed by atoms with Crippen molar-refractivity contribution in [2.45, 2.75) is 19.3 Å². The standard InChI is InChI=1S/C20H20ClN3O3/c1-26-17-5-3-2-4-16(17)20-23-19(27-24-20)11-10-18(25)22-13-12-14-6-8-15(21)9-7-14/h2-9H,10-13H2,1H3,(H,22,25). The molecule has 0 saturated heterocycles. The molecule has 7 heteroatoms. The summed E-state index contributed by atoms with van der Waals surface area (Å²) in [4.78, 5) is 16.3. The molecule has 0 saturated carbocycles. The fraction of sp³-hybridized carbons (Fsp3) is 0.250. The number of para-hydroxylation sites is 1. The molecule has 1 heterocycles. The SMILES string of the molecule is COc1ccccc1-c1noc(CCC(=O)NCCc2ccc(Cl)cc2)n1. The van der Waals surface area contributed by atoms with Gasteiger partial charge in [-0.2, -0.15) is 4.98 Å². The van der Waals surface area contributed by atoms with E-state index in [-0.39, 0.29) is 12.3 Å². The minimum absolute atomic E-state index is 0.0546. The number of aromatic nitrogens is 2. The molecule has 6 nitrogen and oxygen atoms in total. The Bertz CT molecular complexity index is 893. The van der Waals surface area contributed by atoms with Crippen LogP contribution in [0, 0.1) is 0 Å². The van der Waals surface area contributed by atoms with Crippen molar-refractivity contribution in [3.8, 4) is 17.1 Å². The van der Waals surface area contributed by atoms with E-state index in [0.29, 0.717) is 35.5 Å². The average Bonchev–Trinajstić information content (AvgIpc) is 3.17. The van der Waals surface area contributed by atoms with Gasteiger partial charge >= 0.3 is 0 Å². The number of carbonyl (C=O) groups is 1. The molecule has 0 fully saturated rings. The van der Waals surface area contributed by atoms with Crippen LogP contribution in [0.15, 0.2) is 53.1 Å². The van der Waals surface area contributed by atoms with Gasteiger partial charge in [0.15, 0.2) is 0 Å². The third kappa shape index (κ3) is 5.31. The first-order valence-corrected chi connectivity index (χ1v) is 9.00. The highest BCUT2D eigenvalue weighted by Gasteiger charge is 2.13. The first-order valence-electron chi connectivity index (χ1n) is 8.63. The molecule has 2 aromatic carbocycles. The van der Waals surface area contributed by atoms with Crippen molar-refractivity contribution in [1.82, 2.24) is 15.5 Å². The lowest BCUT2D eigenvalue weighted by atomic mass is 10.1. The van der Waals surface area contributed by atoms with E-state index in [1.807, 2.05) is 48.5 Å². The van der Waals surface area contributed by atoms with Crippen molar-refractivity contribution >= 4 is 17.5 Å². The predicted octanol–water partition coefficient (Wildman–Crippen LogP) is 3.69. The number of halogens is 1. The van der Waals surface area contributed by atoms with E-state index in [4.69, 9.17) is 20.9 Å². The minimum atomic E-state index is -0.0546. The molecule has 0 aliphatic carbocycles. The molecule has 0 atom stereocenters. The molecule has 0 spiro atoms. The third-order valence-electron chi connectivity index (χ3n) is 4.03. The van der Waals surface area contributed by atoms with Gasteiger partial charge in [-0.05, 0) is 36.2 Å². The van der Waals surface area contributed by atoms with Crippen molar-refractivity contribution in [3.05, 3.63) is 65.0 Å². The zero-order valence-corrected chi connectivity index (χ0v) is 15.7. The lowest BCUT2D eigenvalue weighted by Crippen LogP contribution is -2.25. The summed E-state index contributed by atoms with van der Waals surface area (Å²) in [5, 5.41) is 7.57. The Kier molecular flexibility index (Phi) is 6.44. The van der Waals surface area contributed by atoms with E-state index in [1.54, 1.807) is 7.11 Å². The summed E-state index contributed by atoms with van der Waals surface area (Å²) in [5.74, 6) is 1.49.